The van der Waals surface area contributed by atoms with Gasteiger partial charge in [-0.3, -0.25) is 4.98 Å². The molecule has 2 heterocycles. The van der Waals surface area contributed by atoms with E-state index in [1.807, 2.05) is 18.2 Å². The summed E-state index contributed by atoms with van der Waals surface area (Å²) in [5, 5.41) is 6.27. The van der Waals surface area contributed by atoms with Crippen molar-refractivity contribution < 1.29 is 9.53 Å². The SMILES string of the molecule is CC(C)[C@H](NC(=O)N[C@@H]1[C@@H]2CCO[C@H]2C1(C)C)c1ccccn1. The molecule has 1 aliphatic carbocycles. The zero-order chi connectivity index (χ0) is 16.6. The van der Waals surface area contributed by atoms with Crippen LogP contribution in [0.1, 0.15) is 45.9 Å². The summed E-state index contributed by atoms with van der Waals surface area (Å²) in [7, 11) is 0. The molecule has 0 unspecified atom stereocenters. The summed E-state index contributed by atoms with van der Waals surface area (Å²) in [5.41, 5.74) is 0.893. The molecular formula is C18H27N3O2. The summed E-state index contributed by atoms with van der Waals surface area (Å²) in [6, 6.07) is 5.77. The third-order valence-corrected chi connectivity index (χ3v) is 5.35. The van der Waals surface area contributed by atoms with Crippen molar-refractivity contribution in [3.05, 3.63) is 30.1 Å². The molecule has 0 spiro atoms. The highest BCUT2D eigenvalue weighted by Gasteiger charge is 2.59. The van der Waals surface area contributed by atoms with Crippen molar-refractivity contribution in [3.8, 4) is 0 Å². The Morgan fingerprint density at radius 2 is 2.17 bits per heavy atom. The van der Waals surface area contributed by atoms with Crippen molar-refractivity contribution in [3.63, 3.8) is 0 Å². The van der Waals surface area contributed by atoms with Crippen LogP contribution in [0.25, 0.3) is 0 Å². The van der Waals surface area contributed by atoms with Crippen LogP contribution in [0.4, 0.5) is 4.79 Å². The van der Waals surface area contributed by atoms with Gasteiger partial charge in [0.05, 0.1) is 17.8 Å². The maximum atomic E-state index is 12.5. The maximum absolute atomic E-state index is 12.5. The molecule has 0 bridgehead atoms. The molecule has 2 aliphatic rings. The Hall–Kier alpha value is -1.62. The molecule has 5 heteroatoms. The molecule has 23 heavy (non-hydrogen) atoms. The molecule has 3 rings (SSSR count). The molecule has 0 aromatic carbocycles. The Bertz CT molecular complexity index is 559. The molecule has 1 saturated carbocycles. The number of carbonyl (C=O) groups excluding carboxylic acids is 1. The fourth-order valence-electron chi connectivity index (χ4n) is 4.08. The zero-order valence-corrected chi connectivity index (χ0v) is 14.4. The van der Waals surface area contributed by atoms with E-state index in [9.17, 15) is 4.79 Å². The van der Waals surface area contributed by atoms with Gasteiger partial charge in [-0.05, 0) is 24.5 Å². The van der Waals surface area contributed by atoms with Gasteiger partial charge < -0.3 is 15.4 Å². The lowest BCUT2D eigenvalue weighted by molar-refractivity contribution is -0.108. The highest BCUT2D eigenvalue weighted by Crippen LogP contribution is 2.52. The lowest BCUT2D eigenvalue weighted by atomic mass is 9.57. The molecule has 2 fully saturated rings. The van der Waals surface area contributed by atoms with Crippen molar-refractivity contribution in [2.75, 3.05) is 6.61 Å². The number of nitrogens with one attached hydrogen (secondary N) is 2. The fourth-order valence-corrected chi connectivity index (χ4v) is 4.08. The van der Waals surface area contributed by atoms with Crippen molar-refractivity contribution in [1.82, 2.24) is 15.6 Å². The van der Waals surface area contributed by atoms with E-state index in [0.29, 0.717) is 5.92 Å². The van der Waals surface area contributed by atoms with Gasteiger partial charge in [-0.15, -0.1) is 0 Å². The maximum Gasteiger partial charge on any atom is 0.315 e. The smallest absolute Gasteiger partial charge is 0.315 e. The number of amides is 2. The predicted octanol–water partition coefficient (Wildman–Crippen LogP) is 2.89. The van der Waals surface area contributed by atoms with Gasteiger partial charge in [0.1, 0.15) is 0 Å². The summed E-state index contributed by atoms with van der Waals surface area (Å²) in [6.45, 7) is 9.33. The van der Waals surface area contributed by atoms with Gasteiger partial charge in [-0.25, -0.2) is 4.79 Å². The minimum Gasteiger partial charge on any atom is -0.377 e. The topological polar surface area (TPSA) is 63.2 Å². The number of rotatable bonds is 4. The highest BCUT2D eigenvalue weighted by molar-refractivity contribution is 5.75. The second-order valence-electron chi connectivity index (χ2n) is 7.64. The lowest BCUT2D eigenvalue weighted by Gasteiger charge is -2.54. The molecule has 126 valence electrons. The van der Waals surface area contributed by atoms with Crippen LogP contribution in [0.3, 0.4) is 0 Å². The number of urea groups is 1. The van der Waals surface area contributed by atoms with Crippen molar-refractivity contribution in [2.45, 2.75) is 52.3 Å². The summed E-state index contributed by atoms with van der Waals surface area (Å²) < 4.78 is 5.79. The first-order chi connectivity index (χ1) is 10.9. The van der Waals surface area contributed by atoms with E-state index < -0.39 is 0 Å². The molecule has 0 radical (unpaired) electrons. The first-order valence-corrected chi connectivity index (χ1v) is 8.51. The molecule has 1 aromatic heterocycles. The standard InChI is InChI=1S/C18H27N3O2/c1-11(2)14(13-7-5-6-9-19-13)20-17(22)21-15-12-8-10-23-16(12)18(15,3)4/h5-7,9,11-12,14-16H,8,10H2,1-4H3,(H2,20,21,22)/t12-,14-,15+,16+/m0/s1. The number of pyridine rings is 1. The van der Waals surface area contributed by atoms with Crippen LogP contribution in [-0.4, -0.2) is 29.8 Å². The van der Waals surface area contributed by atoms with Crippen LogP contribution < -0.4 is 10.6 Å². The fraction of sp³-hybridized carbons (Fsp3) is 0.667. The van der Waals surface area contributed by atoms with Gasteiger partial charge in [0.2, 0.25) is 0 Å². The third-order valence-electron chi connectivity index (χ3n) is 5.35. The van der Waals surface area contributed by atoms with Crippen LogP contribution in [0, 0.1) is 17.3 Å². The quantitative estimate of drug-likeness (QED) is 0.897. The van der Waals surface area contributed by atoms with Crippen molar-refractivity contribution >= 4 is 6.03 Å². The molecule has 2 N–H and O–H groups in total. The van der Waals surface area contributed by atoms with E-state index in [-0.39, 0.29) is 35.6 Å². The molecular weight excluding hydrogens is 290 g/mol. The minimum absolute atomic E-state index is 0.00314. The number of hydrogen-bond acceptors (Lipinski definition) is 3. The number of aromatic nitrogens is 1. The number of carbonyl (C=O) groups is 1. The second kappa shape index (κ2) is 6.11. The van der Waals surface area contributed by atoms with Crippen LogP contribution in [0.2, 0.25) is 0 Å². The summed E-state index contributed by atoms with van der Waals surface area (Å²) in [4.78, 5) is 16.9. The van der Waals surface area contributed by atoms with Gasteiger partial charge in [0.15, 0.2) is 0 Å². The van der Waals surface area contributed by atoms with Crippen LogP contribution in [0.5, 0.6) is 0 Å². The van der Waals surface area contributed by atoms with Gasteiger partial charge in [-0.2, -0.15) is 0 Å². The minimum atomic E-state index is -0.113. The normalized spacial score (nSPS) is 29.5. The van der Waals surface area contributed by atoms with E-state index in [1.54, 1.807) is 6.20 Å². The Morgan fingerprint density at radius 3 is 2.83 bits per heavy atom. The molecule has 1 saturated heterocycles. The molecule has 1 aliphatic heterocycles. The summed E-state index contributed by atoms with van der Waals surface area (Å²) in [5.74, 6) is 0.718. The number of hydrogen-bond donors (Lipinski definition) is 2. The van der Waals surface area contributed by atoms with Gasteiger partial charge in [0.25, 0.3) is 0 Å². The van der Waals surface area contributed by atoms with Crippen molar-refractivity contribution in [2.24, 2.45) is 17.3 Å². The highest BCUT2D eigenvalue weighted by atomic mass is 16.5. The van der Waals surface area contributed by atoms with E-state index in [2.05, 4.69) is 43.3 Å². The van der Waals surface area contributed by atoms with Crippen LogP contribution in [-0.2, 0) is 4.74 Å². The van der Waals surface area contributed by atoms with E-state index >= 15 is 0 Å². The van der Waals surface area contributed by atoms with Gasteiger partial charge in [0, 0.05) is 30.2 Å². The number of ether oxygens (including phenoxy) is 1. The first kappa shape index (κ1) is 16.2. The van der Waals surface area contributed by atoms with E-state index in [4.69, 9.17) is 4.74 Å². The van der Waals surface area contributed by atoms with E-state index in [1.165, 1.54) is 0 Å². The van der Waals surface area contributed by atoms with Gasteiger partial charge in [-0.1, -0.05) is 33.8 Å². The molecule has 5 nitrogen and oxygen atoms in total. The largest absolute Gasteiger partial charge is 0.377 e. The second-order valence-corrected chi connectivity index (χ2v) is 7.64. The van der Waals surface area contributed by atoms with Crippen molar-refractivity contribution in [1.29, 1.82) is 0 Å². The van der Waals surface area contributed by atoms with Gasteiger partial charge >= 0.3 is 6.03 Å². The lowest BCUT2D eigenvalue weighted by Crippen LogP contribution is -2.67. The third kappa shape index (κ3) is 2.94. The average Bonchev–Trinajstić information content (AvgIpc) is 2.98. The Morgan fingerprint density at radius 1 is 1.39 bits per heavy atom. The molecule has 1 aromatic rings. The number of nitrogens with zero attached hydrogens (tertiary/aromatic N) is 1. The zero-order valence-electron chi connectivity index (χ0n) is 14.4. The average molecular weight is 317 g/mol. The Balaban J connectivity index is 1.64. The predicted molar refractivity (Wildman–Crippen MR) is 88.9 cm³/mol. The van der Waals surface area contributed by atoms with E-state index in [0.717, 1.165) is 18.7 Å². The van der Waals surface area contributed by atoms with Crippen LogP contribution in [0.15, 0.2) is 24.4 Å². The Kier molecular flexibility index (Phi) is 4.32. The molecule has 2 amide bonds. The summed E-state index contributed by atoms with van der Waals surface area (Å²) >= 11 is 0. The first-order valence-electron chi connectivity index (χ1n) is 8.51. The Labute approximate surface area is 138 Å². The number of fused-ring (bicyclic) bond motifs is 1. The summed E-state index contributed by atoms with van der Waals surface area (Å²) in [6.07, 6.45) is 3.08. The van der Waals surface area contributed by atoms with Crippen LogP contribution >= 0.6 is 0 Å². The monoisotopic (exact) mass is 317 g/mol. The molecule has 4 atom stereocenters.